The number of hydrogen-bond donors (Lipinski definition) is 1. The molecule has 0 saturated carbocycles. The van der Waals surface area contributed by atoms with Gasteiger partial charge in [-0.2, -0.15) is 5.10 Å². The maximum atomic E-state index is 5.70. The molecular weight excluding hydrogens is 262 g/mol. The summed E-state index contributed by atoms with van der Waals surface area (Å²) in [5.41, 5.74) is 1.20. The molecule has 0 unspecified atom stereocenters. The zero-order valence-electron chi connectivity index (χ0n) is 11.0. The molecule has 0 bridgehead atoms. The lowest BCUT2D eigenvalue weighted by atomic mass is 10.2. The van der Waals surface area contributed by atoms with Gasteiger partial charge >= 0.3 is 0 Å². The van der Waals surface area contributed by atoms with E-state index in [0.717, 1.165) is 25.9 Å². The predicted octanol–water partition coefficient (Wildman–Crippen LogP) is 2.25. The van der Waals surface area contributed by atoms with E-state index in [2.05, 4.69) is 27.5 Å². The molecule has 0 atom stereocenters. The number of aromatic nitrogens is 4. The van der Waals surface area contributed by atoms with Crippen LogP contribution in [0.2, 0.25) is 5.15 Å². The molecule has 2 aromatic heterocycles. The van der Waals surface area contributed by atoms with E-state index in [1.807, 2.05) is 12.4 Å². The summed E-state index contributed by atoms with van der Waals surface area (Å²) in [6.45, 7) is 4.30. The lowest BCUT2D eigenvalue weighted by Gasteiger charge is -2.01. The Morgan fingerprint density at radius 3 is 2.89 bits per heavy atom. The maximum Gasteiger partial charge on any atom is 0.175 e. The van der Waals surface area contributed by atoms with E-state index >= 15 is 0 Å². The van der Waals surface area contributed by atoms with Gasteiger partial charge in [0.25, 0.3) is 0 Å². The van der Waals surface area contributed by atoms with Crippen molar-refractivity contribution in [2.45, 2.75) is 26.2 Å². The van der Waals surface area contributed by atoms with Crippen molar-refractivity contribution in [1.82, 2.24) is 25.3 Å². The summed E-state index contributed by atoms with van der Waals surface area (Å²) < 4.78 is 1.72. The van der Waals surface area contributed by atoms with Gasteiger partial charge in [-0.1, -0.05) is 18.5 Å². The molecule has 19 heavy (non-hydrogen) atoms. The molecule has 0 aromatic carbocycles. The minimum atomic E-state index is 0.387. The van der Waals surface area contributed by atoms with Crippen molar-refractivity contribution in [3.8, 4) is 5.82 Å². The molecule has 0 saturated heterocycles. The Balaban J connectivity index is 1.86. The van der Waals surface area contributed by atoms with Crippen LogP contribution in [0.15, 0.2) is 24.5 Å². The molecule has 0 amide bonds. The fourth-order valence-corrected chi connectivity index (χ4v) is 1.87. The molecule has 5 nitrogen and oxygen atoms in total. The zero-order chi connectivity index (χ0) is 13.5. The second kappa shape index (κ2) is 7.21. The van der Waals surface area contributed by atoms with E-state index in [-0.39, 0.29) is 0 Å². The van der Waals surface area contributed by atoms with Gasteiger partial charge in [-0.15, -0.1) is 10.2 Å². The minimum Gasteiger partial charge on any atom is -0.317 e. The van der Waals surface area contributed by atoms with Crippen LogP contribution in [0.4, 0.5) is 0 Å². The molecule has 2 aromatic rings. The Morgan fingerprint density at radius 1 is 1.26 bits per heavy atom. The third-order valence-electron chi connectivity index (χ3n) is 2.73. The first-order valence-corrected chi connectivity index (χ1v) is 6.91. The highest BCUT2D eigenvalue weighted by molar-refractivity contribution is 6.29. The van der Waals surface area contributed by atoms with Gasteiger partial charge in [-0.3, -0.25) is 0 Å². The van der Waals surface area contributed by atoms with E-state index in [0.29, 0.717) is 11.0 Å². The first kappa shape index (κ1) is 14.0. The summed E-state index contributed by atoms with van der Waals surface area (Å²) in [5.74, 6) is 0.680. The first-order chi connectivity index (χ1) is 9.29. The molecular formula is C13H18ClN5. The monoisotopic (exact) mass is 279 g/mol. The first-order valence-electron chi connectivity index (χ1n) is 6.53. The summed E-state index contributed by atoms with van der Waals surface area (Å²) in [6.07, 6.45) is 7.15. The van der Waals surface area contributed by atoms with Crippen molar-refractivity contribution in [2.24, 2.45) is 0 Å². The summed E-state index contributed by atoms with van der Waals surface area (Å²) in [6, 6.07) is 3.51. The van der Waals surface area contributed by atoms with Crippen LogP contribution in [-0.2, 0) is 6.42 Å². The minimum absolute atomic E-state index is 0.387. The van der Waals surface area contributed by atoms with E-state index in [4.69, 9.17) is 11.6 Å². The highest BCUT2D eigenvalue weighted by Crippen LogP contribution is 2.08. The largest absolute Gasteiger partial charge is 0.317 e. The number of aryl methyl sites for hydroxylation is 1. The van der Waals surface area contributed by atoms with E-state index in [1.54, 1.807) is 16.8 Å². The Bertz CT molecular complexity index is 494. The van der Waals surface area contributed by atoms with Crippen molar-refractivity contribution in [1.29, 1.82) is 0 Å². The normalized spacial score (nSPS) is 10.8. The number of hydrogen-bond acceptors (Lipinski definition) is 4. The average Bonchev–Trinajstić information content (AvgIpc) is 2.88. The molecule has 0 aliphatic carbocycles. The topological polar surface area (TPSA) is 55.6 Å². The van der Waals surface area contributed by atoms with Gasteiger partial charge in [0.1, 0.15) is 0 Å². The summed E-state index contributed by atoms with van der Waals surface area (Å²) in [5, 5.41) is 15.8. The second-order valence-electron chi connectivity index (χ2n) is 4.36. The quantitative estimate of drug-likeness (QED) is 0.790. The fraction of sp³-hybridized carbons (Fsp3) is 0.462. The third-order valence-corrected chi connectivity index (χ3v) is 2.94. The Morgan fingerprint density at radius 2 is 2.16 bits per heavy atom. The smallest absolute Gasteiger partial charge is 0.175 e. The van der Waals surface area contributed by atoms with E-state index < -0.39 is 0 Å². The van der Waals surface area contributed by atoms with Gasteiger partial charge in [0.2, 0.25) is 0 Å². The van der Waals surface area contributed by atoms with E-state index in [1.165, 1.54) is 12.0 Å². The van der Waals surface area contributed by atoms with Gasteiger partial charge in [-0.05, 0) is 50.0 Å². The van der Waals surface area contributed by atoms with Gasteiger partial charge in [-0.25, -0.2) is 4.68 Å². The van der Waals surface area contributed by atoms with Crippen molar-refractivity contribution < 1.29 is 0 Å². The fourth-order valence-electron chi connectivity index (χ4n) is 1.76. The standard InChI is InChI=1S/C13H18ClN5/c1-2-7-15-8-3-4-11-9-16-19(10-11)13-6-5-12(14)17-18-13/h5-6,9-10,15H,2-4,7-8H2,1H3. The number of nitrogens with one attached hydrogen (secondary N) is 1. The molecule has 0 spiro atoms. The lowest BCUT2D eigenvalue weighted by molar-refractivity contribution is 0.640. The predicted molar refractivity (Wildman–Crippen MR) is 75.6 cm³/mol. The van der Waals surface area contributed by atoms with Crippen molar-refractivity contribution in [3.05, 3.63) is 35.2 Å². The van der Waals surface area contributed by atoms with Gasteiger partial charge < -0.3 is 5.32 Å². The summed E-state index contributed by atoms with van der Waals surface area (Å²) in [4.78, 5) is 0. The number of nitrogens with zero attached hydrogens (tertiary/aromatic N) is 4. The van der Waals surface area contributed by atoms with Gasteiger partial charge in [0, 0.05) is 6.20 Å². The van der Waals surface area contributed by atoms with Crippen LogP contribution in [0, 0.1) is 0 Å². The highest BCUT2D eigenvalue weighted by atomic mass is 35.5. The molecule has 0 aliphatic heterocycles. The van der Waals surface area contributed by atoms with Gasteiger partial charge in [0.15, 0.2) is 11.0 Å². The van der Waals surface area contributed by atoms with E-state index in [9.17, 15) is 0 Å². The molecule has 2 heterocycles. The Labute approximate surface area is 118 Å². The second-order valence-corrected chi connectivity index (χ2v) is 4.75. The van der Waals surface area contributed by atoms with Crippen LogP contribution < -0.4 is 5.32 Å². The molecule has 2 rings (SSSR count). The lowest BCUT2D eigenvalue weighted by Crippen LogP contribution is -2.16. The average molecular weight is 280 g/mol. The SMILES string of the molecule is CCCNCCCc1cnn(-c2ccc(Cl)nn2)c1. The van der Waals surface area contributed by atoms with Crippen molar-refractivity contribution >= 4 is 11.6 Å². The van der Waals surface area contributed by atoms with Crippen molar-refractivity contribution in [2.75, 3.05) is 13.1 Å². The summed E-state index contributed by atoms with van der Waals surface area (Å²) in [7, 11) is 0. The zero-order valence-corrected chi connectivity index (χ0v) is 11.8. The Kier molecular flexibility index (Phi) is 5.30. The van der Waals surface area contributed by atoms with Crippen LogP contribution in [0.25, 0.3) is 5.82 Å². The summed E-state index contributed by atoms with van der Waals surface area (Å²) >= 11 is 5.70. The third kappa shape index (κ3) is 4.29. The van der Waals surface area contributed by atoms with Crippen LogP contribution in [0.3, 0.4) is 0 Å². The molecule has 102 valence electrons. The maximum absolute atomic E-state index is 5.70. The van der Waals surface area contributed by atoms with Crippen LogP contribution in [0.1, 0.15) is 25.3 Å². The van der Waals surface area contributed by atoms with Crippen LogP contribution in [0.5, 0.6) is 0 Å². The highest BCUT2D eigenvalue weighted by Gasteiger charge is 2.02. The number of rotatable bonds is 7. The van der Waals surface area contributed by atoms with Gasteiger partial charge in [0.05, 0.1) is 6.20 Å². The molecule has 0 radical (unpaired) electrons. The Hall–Kier alpha value is -1.46. The molecule has 6 heteroatoms. The van der Waals surface area contributed by atoms with Crippen molar-refractivity contribution in [3.63, 3.8) is 0 Å². The molecule has 0 fully saturated rings. The molecule has 1 N–H and O–H groups in total. The van der Waals surface area contributed by atoms with Crippen LogP contribution >= 0.6 is 11.6 Å². The molecule has 0 aliphatic rings. The van der Waals surface area contributed by atoms with Crippen LogP contribution in [-0.4, -0.2) is 33.1 Å². The number of halogens is 1.